The number of aromatic nitrogens is 3. The van der Waals surface area contributed by atoms with E-state index in [1.165, 1.54) is 29.3 Å². The number of nitrogens with zero attached hydrogens (tertiary/aromatic N) is 5. The lowest BCUT2D eigenvalue weighted by Gasteiger charge is -2.36. The number of aliphatic hydroxyl groups is 1. The van der Waals surface area contributed by atoms with Gasteiger partial charge in [-0.15, -0.1) is 0 Å². The Bertz CT molecular complexity index is 1800. The van der Waals surface area contributed by atoms with Crippen molar-refractivity contribution in [3.63, 3.8) is 0 Å². The summed E-state index contributed by atoms with van der Waals surface area (Å²) in [5.41, 5.74) is 13.8. The molecule has 0 bridgehead atoms. The molecule has 3 N–H and O–H groups in total. The third-order valence-corrected chi connectivity index (χ3v) is 11.5. The molecule has 0 unspecified atom stereocenters. The molecule has 2 saturated carbocycles. The molecule has 0 radical (unpaired) electrons. The largest absolute Gasteiger partial charge is 0.393 e. The van der Waals surface area contributed by atoms with Crippen molar-refractivity contribution in [2.45, 2.75) is 95.7 Å². The molecule has 1 atom stereocenters. The number of aliphatic hydroxyl groups excluding tert-OH is 1. The van der Waals surface area contributed by atoms with Gasteiger partial charge in [0.1, 0.15) is 5.69 Å². The van der Waals surface area contributed by atoms with Crippen molar-refractivity contribution in [2.24, 2.45) is 17.6 Å². The molecule has 5 heterocycles. The number of hydrogen-bond acceptors (Lipinski definition) is 5. The van der Waals surface area contributed by atoms with Crippen molar-refractivity contribution in [2.75, 3.05) is 26.2 Å². The molecular weight excluding hydrogens is 588 g/mol. The number of fused-ring (bicyclic) bond motifs is 2. The maximum absolute atomic E-state index is 13.4. The summed E-state index contributed by atoms with van der Waals surface area (Å²) >= 11 is 0. The number of carbonyl (C=O) groups excluding carboxylic acids is 2. The summed E-state index contributed by atoms with van der Waals surface area (Å²) in [5, 5.41) is 16.3. The van der Waals surface area contributed by atoms with Crippen molar-refractivity contribution in [1.82, 2.24) is 24.0 Å². The second kappa shape index (κ2) is 12.4. The Morgan fingerprint density at radius 2 is 1.72 bits per heavy atom. The van der Waals surface area contributed by atoms with Gasteiger partial charge in [-0.25, -0.2) is 4.52 Å². The van der Waals surface area contributed by atoms with Crippen molar-refractivity contribution >= 4 is 28.2 Å². The molecule has 2 aliphatic carbocycles. The second-order valence-electron chi connectivity index (χ2n) is 14.8. The highest BCUT2D eigenvalue weighted by atomic mass is 16.3. The molecule has 4 fully saturated rings. The van der Waals surface area contributed by atoms with Crippen molar-refractivity contribution in [1.29, 1.82) is 0 Å². The summed E-state index contributed by atoms with van der Waals surface area (Å²) in [6.07, 6.45) is 11.1. The summed E-state index contributed by atoms with van der Waals surface area (Å²) in [7, 11) is 0. The third-order valence-electron chi connectivity index (χ3n) is 11.5. The van der Waals surface area contributed by atoms with Gasteiger partial charge in [0.05, 0.1) is 28.4 Å². The molecule has 248 valence electrons. The van der Waals surface area contributed by atoms with E-state index in [9.17, 15) is 14.7 Å². The highest BCUT2D eigenvalue weighted by molar-refractivity contribution is 5.95. The topological polar surface area (TPSA) is 109 Å². The first-order valence-electron chi connectivity index (χ1n) is 18.0. The highest BCUT2D eigenvalue weighted by Crippen LogP contribution is 2.41. The first-order valence-corrected chi connectivity index (χ1v) is 18.0. The average Bonchev–Trinajstić information content (AvgIpc) is 3.76. The molecule has 4 aliphatic rings. The van der Waals surface area contributed by atoms with Crippen molar-refractivity contribution < 1.29 is 14.7 Å². The van der Waals surface area contributed by atoms with Gasteiger partial charge in [0.15, 0.2) is 0 Å². The number of hydrogen-bond donors (Lipinski definition) is 2. The quantitative estimate of drug-likeness (QED) is 0.291. The van der Waals surface area contributed by atoms with Gasteiger partial charge in [-0.1, -0.05) is 18.2 Å². The molecule has 8 rings (SSSR count). The summed E-state index contributed by atoms with van der Waals surface area (Å²) in [6, 6.07) is 13.0. The Hall–Kier alpha value is -3.69. The van der Waals surface area contributed by atoms with Crippen LogP contribution in [-0.2, 0) is 11.3 Å². The highest BCUT2D eigenvalue weighted by Gasteiger charge is 2.33. The molecule has 47 heavy (non-hydrogen) atoms. The summed E-state index contributed by atoms with van der Waals surface area (Å²) in [4.78, 5) is 30.7. The van der Waals surface area contributed by atoms with Crippen LogP contribution in [0.2, 0.25) is 0 Å². The van der Waals surface area contributed by atoms with Crippen LogP contribution in [0, 0.1) is 18.8 Å². The lowest BCUT2D eigenvalue weighted by molar-refractivity contribution is -0.138. The second-order valence-corrected chi connectivity index (χ2v) is 14.8. The van der Waals surface area contributed by atoms with Crippen LogP contribution in [0.1, 0.15) is 91.6 Å². The SMILES string of the molecule is Cc1c(-c2cc3cccc(C4CCN(C(=O)C5CCC(O)CC5)CC4)c3n2CC2CC2)nn2cc(C(=O)N3CCC[C@@H](N)C3)ccc12. The van der Waals surface area contributed by atoms with Gasteiger partial charge in [0, 0.05) is 61.8 Å². The number of pyridine rings is 1. The predicted molar refractivity (Wildman–Crippen MR) is 183 cm³/mol. The molecule has 4 aromatic rings. The third kappa shape index (κ3) is 5.86. The number of para-hydroxylation sites is 1. The minimum atomic E-state index is -0.238. The zero-order valence-corrected chi connectivity index (χ0v) is 27.6. The van der Waals surface area contributed by atoms with Gasteiger partial charge in [0.2, 0.25) is 5.91 Å². The summed E-state index contributed by atoms with van der Waals surface area (Å²) in [6.45, 7) is 6.06. The molecule has 0 spiro atoms. The number of piperidine rings is 2. The number of likely N-dealkylation sites (tertiary alicyclic amines) is 2. The number of amides is 2. The molecule has 3 aromatic heterocycles. The number of carbonyl (C=O) groups is 2. The van der Waals surface area contributed by atoms with E-state index in [-0.39, 0.29) is 24.0 Å². The first kappa shape index (κ1) is 30.6. The molecule has 2 aliphatic heterocycles. The van der Waals surface area contributed by atoms with Crippen LogP contribution >= 0.6 is 0 Å². The fourth-order valence-corrected chi connectivity index (χ4v) is 8.54. The molecule has 1 aromatic carbocycles. The lowest BCUT2D eigenvalue weighted by atomic mass is 9.84. The van der Waals surface area contributed by atoms with E-state index < -0.39 is 0 Å². The minimum Gasteiger partial charge on any atom is -0.393 e. The molecule has 9 nitrogen and oxygen atoms in total. The summed E-state index contributed by atoms with van der Waals surface area (Å²) < 4.78 is 4.42. The molecule has 2 amide bonds. The smallest absolute Gasteiger partial charge is 0.255 e. The fourth-order valence-electron chi connectivity index (χ4n) is 8.54. The van der Waals surface area contributed by atoms with Gasteiger partial charge in [-0.2, -0.15) is 5.10 Å². The van der Waals surface area contributed by atoms with Crippen LogP contribution in [0.3, 0.4) is 0 Å². The Morgan fingerprint density at radius 3 is 2.47 bits per heavy atom. The maximum atomic E-state index is 13.4. The van der Waals surface area contributed by atoms with Gasteiger partial charge < -0.3 is 25.2 Å². The van der Waals surface area contributed by atoms with Gasteiger partial charge >= 0.3 is 0 Å². The minimum absolute atomic E-state index is 0.0227. The predicted octanol–water partition coefficient (Wildman–Crippen LogP) is 5.49. The van der Waals surface area contributed by atoms with Crippen LogP contribution in [0.5, 0.6) is 0 Å². The Labute approximate surface area is 276 Å². The van der Waals surface area contributed by atoms with Crippen LogP contribution in [0.4, 0.5) is 0 Å². The summed E-state index contributed by atoms with van der Waals surface area (Å²) in [5.74, 6) is 1.47. The van der Waals surface area contributed by atoms with Crippen LogP contribution in [-0.4, -0.2) is 79.2 Å². The zero-order chi connectivity index (χ0) is 32.2. The van der Waals surface area contributed by atoms with Crippen molar-refractivity contribution in [3.05, 3.63) is 59.3 Å². The van der Waals surface area contributed by atoms with Crippen LogP contribution < -0.4 is 5.73 Å². The van der Waals surface area contributed by atoms with Crippen LogP contribution in [0.25, 0.3) is 27.8 Å². The van der Waals surface area contributed by atoms with E-state index in [1.807, 2.05) is 27.7 Å². The molecule has 9 heteroatoms. The maximum Gasteiger partial charge on any atom is 0.255 e. The van der Waals surface area contributed by atoms with Crippen LogP contribution in [0.15, 0.2) is 42.6 Å². The monoisotopic (exact) mass is 636 g/mol. The van der Waals surface area contributed by atoms with E-state index in [2.05, 4.69) is 40.7 Å². The standard InChI is InChI=1S/C38H48N6O3/c1-24-33-14-11-29(38(47)42-17-3-5-30(39)23-42)22-44(33)40-35(24)34-20-28-4-2-6-32(36(28)43(34)21-25-7-8-25)26-15-18-41(19-16-26)37(46)27-9-12-31(45)13-10-27/h2,4,6,11,14,20,22,25-27,30-31,45H,3,5,7-10,12-13,15-19,21,23,39H2,1H3/t27?,30-,31?/m1/s1. The van der Waals surface area contributed by atoms with E-state index in [1.54, 1.807) is 0 Å². The van der Waals surface area contributed by atoms with Gasteiger partial charge in [0.25, 0.3) is 5.91 Å². The molecule has 2 saturated heterocycles. The lowest BCUT2D eigenvalue weighted by Crippen LogP contribution is -2.45. The first-order chi connectivity index (χ1) is 22.8. The van der Waals surface area contributed by atoms with Gasteiger partial charge in [-0.3, -0.25) is 9.59 Å². The Kier molecular flexibility index (Phi) is 8.08. The zero-order valence-electron chi connectivity index (χ0n) is 27.6. The molecular formula is C38H48N6O3. The van der Waals surface area contributed by atoms with Crippen molar-refractivity contribution in [3.8, 4) is 11.4 Å². The number of aryl methyl sites for hydroxylation is 1. The fraction of sp³-hybridized carbons (Fsp3) is 0.553. The Balaban J connectivity index is 1.09. The van der Waals surface area contributed by atoms with E-state index in [0.29, 0.717) is 29.9 Å². The van der Waals surface area contributed by atoms with E-state index in [0.717, 1.165) is 100 Å². The number of benzene rings is 1. The van der Waals surface area contributed by atoms with E-state index in [4.69, 9.17) is 10.8 Å². The van der Waals surface area contributed by atoms with E-state index >= 15 is 0 Å². The Morgan fingerprint density at radius 1 is 0.936 bits per heavy atom. The number of rotatable bonds is 6. The number of nitrogens with two attached hydrogens (primary N) is 1. The average molecular weight is 637 g/mol. The normalized spacial score (nSPS) is 24.4. The van der Waals surface area contributed by atoms with Gasteiger partial charge in [-0.05, 0) is 107 Å².